The first kappa shape index (κ1) is 15.2. The molecule has 0 aliphatic carbocycles. The van der Waals surface area contributed by atoms with Crippen molar-refractivity contribution >= 4 is 5.70 Å². The highest BCUT2D eigenvalue weighted by Crippen LogP contribution is 2.29. The van der Waals surface area contributed by atoms with Crippen LogP contribution in [0.4, 0.5) is 13.2 Å². The molecule has 2 aromatic rings. The maximum atomic E-state index is 12.7. The summed E-state index contributed by atoms with van der Waals surface area (Å²) < 4.78 is 38.1. The summed E-state index contributed by atoms with van der Waals surface area (Å²) in [4.78, 5) is 0. The van der Waals surface area contributed by atoms with Gasteiger partial charge in [-0.05, 0) is 42.3 Å². The Labute approximate surface area is 132 Å². The van der Waals surface area contributed by atoms with E-state index in [0.29, 0.717) is 5.56 Å². The molecule has 2 aromatic carbocycles. The van der Waals surface area contributed by atoms with Gasteiger partial charge in [0.15, 0.2) is 0 Å². The number of halogens is 3. The van der Waals surface area contributed by atoms with E-state index < -0.39 is 11.7 Å². The Bertz CT molecular complexity index is 822. The maximum absolute atomic E-state index is 12.7. The topological polar surface area (TPSA) is 12.0 Å². The van der Waals surface area contributed by atoms with E-state index in [1.807, 2.05) is 18.2 Å². The fourth-order valence-electron chi connectivity index (χ4n) is 2.53. The van der Waals surface area contributed by atoms with E-state index in [4.69, 9.17) is 0 Å². The van der Waals surface area contributed by atoms with Gasteiger partial charge in [-0.15, -0.1) is 0 Å². The SMILES string of the molecule is C=C1NCCc2cc(C#Cc3cccc(C(F)(F)F)c3)ccc21. The molecule has 4 heteroatoms. The van der Waals surface area contributed by atoms with Crippen molar-refractivity contribution in [3.8, 4) is 11.8 Å². The summed E-state index contributed by atoms with van der Waals surface area (Å²) in [6, 6.07) is 10.8. The second-order valence-electron chi connectivity index (χ2n) is 5.36. The largest absolute Gasteiger partial charge is 0.416 e. The van der Waals surface area contributed by atoms with Gasteiger partial charge in [0.1, 0.15) is 0 Å². The van der Waals surface area contributed by atoms with Crippen LogP contribution in [0.1, 0.15) is 27.8 Å². The van der Waals surface area contributed by atoms with Gasteiger partial charge in [-0.3, -0.25) is 0 Å². The molecule has 1 aliphatic heterocycles. The van der Waals surface area contributed by atoms with Crippen LogP contribution < -0.4 is 5.32 Å². The van der Waals surface area contributed by atoms with Crippen molar-refractivity contribution in [3.05, 3.63) is 76.9 Å². The van der Waals surface area contributed by atoms with E-state index in [-0.39, 0.29) is 0 Å². The van der Waals surface area contributed by atoms with Crippen LogP contribution >= 0.6 is 0 Å². The lowest BCUT2D eigenvalue weighted by Crippen LogP contribution is -2.21. The van der Waals surface area contributed by atoms with Gasteiger partial charge in [-0.2, -0.15) is 13.2 Å². The van der Waals surface area contributed by atoms with E-state index in [0.717, 1.165) is 47.5 Å². The van der Waals surface area contributed by atoms with Crippen molar-refractivity contribution in [2.75, 3.05) is 6.54 Å². The summed E-state index contributed by atoms with van der Waals surface area (Å²) in [5, 5.41) is 3.20. The van der Waals surface area contributed by atoms with Crippen LogP contribution in [0.5, 0.6) is 0 Å². The zero-order valence-corrected chi connectivity index (χ0v) is 12.3. The molecule has 0 atom stereocenters. The molecule has 1 heterocycles. The molecule has 0 aromatic heterocycles. The number of benzene rings is 2. The monoisotopic (exact) mass is 313 g/mol. The molecule has 0 fully saturated rings. The molecular weight excluding hydrogens is 299 g/mol. The quantitative estimate of drug-likeness (QED) is 0.718. The Morgan fingerprint density at radius 1 is 1.00 bits per heavy atom. The molecule has 0 saturated carbocycles. The Hall–Kier alpha value is -2.67. The number of hydrogen-bond acceptors (Lipinski definition) is 1. The highest BCUT2D eigenvalue weighted by molar-refractivity contribution is 5.67. The van der Waals surface area contributed by atoms with Gasteiger partial charge >= 0.3 is 6.18 Å². The van der Waals surface area contributed by atoms with Crippen molar-refractivity contribution in [1.29, 1.82) is 0 Å². The zero-order chi connectivity index (χ0) is 16.4. The fraction of sp³-hybridized carbons (Fsp3) is 0.158. The third-order valence-electron chi connectivity index (χ3n) is 3.70. The third kappa shape index (κ3) is 3.40. The highest BCUT2D eigenvalue weighted by Gasteiger charge is 2.30. The first-order valence-electron chi connectivity index (χ1n) is 7.19. The van der Waals surface area contributed by atoms with E-state index >= 15 is 0 Å². The Balaban J connectivity index is 1.89. The molecule has 0 unspecified atom stereocenters. The molecular formula is C19H14F3N. The molecule has 0 spiro atoms. The number of fused-ring (bicyclic) bond motifs is 1. The van der Waals surface area contributed by atoms with Crippen molar-refractivity contribution in [1.82, 2.24) is 5.32 Å². The fourth-order valence-corrected chi connectivity index (χ4v) is 2.53. The first-order chi connectivity index (χ1) is 10.9. The van der Waals surface area contributed by atoms with E-state index in [1.165, 1.54) is 6.07 Å². The van der Waals surface area contributed by atoms with Gasteiger partial charge in [0.2, 0.25) is 0 Å². The molecule has 0 amide bonds. The highest BCUT2D eigenvalue weighted by atomic mass is 19.4. The van der Waals surface area contributed by atoms with Gasteiger partial charge in [0, 0.05) is 28.9 Å². The average Bonchev–Trinajstić information content (AvgIpc) is 2.52. The number of alkyl halides is 3. The molecule has 1 aliphatic rings. The van der Waals surface area contributed by atoms with Crippen LogP contribution in [0.3, 0.4) is 0 Å². The maximum Gasteiger partial charge on any atom is 0.416 e. The molecule has 0 saturated heterocycles. The van der Waals surface area contributed by atoms with Crippen molar-refractivity contribution in [2.45, 2.75) is 12.6 Å². The van der Waals surface area contributed by atoms with Crippen LogP contribution in [-0.4, -0.2) is 6.54 Å². The minimum absolute atomic E-state index is 0.351. The Morgan fingerprint density at radius 3 is 2.48 bits per heavy atom. The predicted octanol–water partition coefficient (Wildman–Crippen LogP) is 4.22. The van der Waals surface area contributed by atoms with Gasteiger partial charge in [-0.1, -0.05) is 30.6 Å². The molecule has 116 valence electrons. The lowest BCUT2D eigenvalue weighted by Gasteiger charge is -2.20. The second-order valence-corrected chi connectivity index (χ2v) is 5.36. The van der Waals surface area contributed by atoms with Gasteiger partial charge in [0.05, 0.1) is 5.56 Å². The Morgan fingerprint density at radius 2 is 1.74 bits per heavy atom. The molecule has 0 bridgehead atoms. The summed E-state index contributed by atoms with van der Waals surface area (Å²) in [5.41, 5.74) is 3.57. The van der Waals surface area contributed by atoms with Gasteiger partial charge in [-0.25, -0.2) is 0 Å². The van der Waals surface area contributed by atoms with Crippen LogP contribution in [0.2, 0.25) is 0 Å². The predicted molar refractivity (Wildman–Crippen MR) is 84.6 cm³/mol. The molecule has 1 nitrogen and oxygen atoms in total. The molecule has 23 heavy (non-hydrogen) atoms. The number of nitrogens with one attached hydrogen (secondary N) is 1. The van der Waals surface area contributed by atoms with Crippen LogP contribution in [0.25, 0.3) is 5.70 Å². The van der Waals surface area contributed by atoms with Crippen LogP contribution in [0, 0.1) is 11.8 Å². The van der Waals surface area contributed by atoms with Gasteiger partial charge < -0.3 is 5.32 Å². The second kappa shape index (κ2) is 5.85. The summed E-state index contributed by atoms with van der Waals surface area (Å²) >= 11 is 0. The van der Waals surface area contributed by atoms with Gasteiger partial charge in [0.25, 0.3) is 0 Å². The summed E-state index contributed by atoms with van der Waals surface area (Å²) in [6.45, 7) is 4.79. The smallest absolute Gasteiger partial charge is 0.385 e. The lowest BCUT2D eigenvalue weighted by molar-refractivity contribution is -0.137. The minimum atomic E-state index is -4.35. The van der Waals surface area contributed by atoms with Crippen molar-refractivity contribution in [3.63, 3.8) is 0 Å². The molecule has 1 N–H and O–H groups in total. The normalized spacial score (nSPS) is 13.6. The Kier molecular flexibility index (Phi) is 3.87. The number of rotatable bonds is 0. The van der Waals surface area contributed by atoms with Crippen molar-refractivity contribution in [2.24, 2.45) is 0 Å². The molecule has 0 radical (unpaired) electrons. The minimum Gasteiger partial charge on any atom is -0.385 e. The lowest BCUT2D eigenvalue weighted by atomic mass is 9.96. The van der Waals surface area contributed by atoms with Crippen LogP contribution in [-0.2, 0) is 12.6 Å². The van der Waals surface area contributed by atoms with E-state index in [1.54, 1.807) is 6.07 Å². The van der Waals surface area contributed by atoms with E-state index in [2.05, 4.69) is 23.7 Å². The summed E-state index contributed by atoms with van der Waals surface area (Å²) in [5.74, 6) is 5.74. The zero-order valence-electron chi connectivity index (χ0n) is 12.3. The van der Waals surface area contributed by atoms with Crippen LogP contribution in [0.15, 0.2) is 49.0 Å². The van der Waals surface area contributed by atoms with E-state index in [9.17, 15) is 13.2 Å². The summed E-state index contributed by atoms with van der Waals surface area (Å²) in [7, 11) is 0. The average molecular weight is 313 g/mol. The van der Waals surface area contributed by atoms with Crippen molar-refractivity contribution < 1.29 is 13.2 Å². The third-order valence-corrected chi connectivity index (χ3v) is 3.70. The summed E-state index contributed by atoms with van der Waals surface area (Å²) in [6.07, 6.45) is -3.47. The number of hydrogen-bond donors (Lipinski definition) is 1. The first-order valence-corrected chi connectivity index (χ1v) is 7.19. The molecule has 3 rings (SSSR count). The standard InChI is InChI=1S/C19H14F3N/c1-13-18-8-7-15(11-16(18)9-10-23-13)6-5-14-3-2-4-17(12-14)19(20,21)22/h2-4,7-8,11-12,23H,1,9-10H2.